The molecule has 1 aliphatic heterocycles. The predicted molar refractivity (Wildman–Crippen MR) is 139 cm³/mol. The van der Waals surface area contributed by atoms with E-state index in [0.717, 1.165) is 10.6 Å². The lowest BCUT2D eigenvalue weighted by Crippen LogP contribution is -2.39. The van der Waals surface area contributed by atoms with Gasteiger partial charge in [-0.1, -0.05) is 23.5 Å². The number of thiocarbonyl (C=S) groups is 1. The van der Waals surface area contributed by atoms with Crippen LogP contribution in [0.5, 0.6) is 0 Å². The van der Waals surface area contributed by atoms with Crippen LogP contribution in [0.3, 0.4) is 0 Å². The van der Waals surface area contributed by atoms with E-state index >= 15 is 0 Å². The number of nitro groups is 1. The number of benzene rings is 2. The van der Waals surface area contributed by atoms with Crippen LogP contribution in [-0.2, 0) is 4.74 Å². The van der Waals surface area contributed by atoms with Gasteiger partial charge in [0.25, 0.3) is 11.6 Å². The van der Waals surface area contributed by atoms with Crippen molar-refractivity contribution in [2.75, 3.05) is 36.5 Å². The lowest BCUT2D eigenvalue weighted by molar-refractivity contribution is -0.384. The first kappa shape index (κ1) is 23.7. The van der Waals surface area contributed by atoms with Crippen molar-refractivity contribution in [2.24, 2.45) is 0 Å². The Morgan fingerprint density at radius 1 is 1.19 bits per heavy atom. The second-order valence-electron chi connectivity index (χ2n) is 7.90. The van der Waals surface area contributed by atoms with Crippen molar-refractivity contribution >= 4 is 56.6 Å². The molecule has 4 aromatic rings. The number of carbonyl (C=O) groups is 1. The van der Waals surface area contributed by atoms with Crippen LogP contribution < -0.4 is 15.5 Å². The zero-order valence-electron chi connectivity index (χ0n) is 19.0. The number of nitro benzene ring substituents is 1. The normalized spacial score (nSPS) is 13.5. The molecule has 0 spiro atoms. The molecular formula is C22H20N8O4S2. The SMILES string of the molecule is Cc1nnc2sc(-c3cccc(NC(=S)NC(=O)c4cc([N+](=O)[O-])ccc4N4CCOCC4)c3)nn12. The largest absolute Gasteiger partial charge is 0.378 e. The number of amides is 1. The molecule has 1 fully saturated rings. The topological polar surface area (TPSA) is 140 Å². The average molecular weight is 525 g/mol. The van der Waals surface area contributed by atoms with Crippen molar-refractivity contribution in [3.8, 4) is 10.6 Å². The van der Waals surface area contributed by atoms with Crippen LogP contribution in [0.25, 0.3) is 15.5 Å². The Bertz CT molecular complexity index is 1480. The first-order chi connectivity index (χ1) is 17.4. The van der Waals surface area contributed by atoms with Gasteiger partial charge in [-0.3, -0.25) is 20.2 Å². The summed E-state index contributed by atoms with van der Waals surface area (Å²) >= 11 is 6.77. The number of aryl methyl sites for hydroxylation is 1. The van der Waals surface area contributed by atoms with Crippen molar-refractivity contribution in [3.63, 3.8) is 0 Å². The molecule has 5 rings (SSSR count). The van der Waals surface area contributed by atoms with Crippen LogP contribution in [-0.4, -0.2) is 62.1 Å². The van der Waals surface area contributed by atoms with E-state index in [4.69, 9.17) is 17.0 Å². The Hall–Kier alpha value is -4.01. The van der Waals surface area contributed by atoms with Gasteiger partial charge in [-0.05, 0) is 37.3 Å². The van der Waals surface area contributed by atoms with Crippen LogP contribution in [0.15, 0.2) is 42.5 Å². The molecule has 1 aliphatic rings. The lowest BCUT2D eigenvalue weighted by Gasteiger charge is -2.30. The molecule has 2 N–H and O–H groups in total. The molecule has 2 aromatic carbocycles. The van der Waals surface area contributed by atoms with Gasteiger partial charge in [0.1, 0.15) is 5.01 Å². The van der Waals surface area contributed by atoms with Crippen LogP contribution in [0.4, 0.5) is 17.1 Å². The van der Waals surface area contributed by atoms with Gasteiger partial charge in [-0.15, -0.1) is 10.2 Å². The van der Waals surface area contributed by atoms with E-state index in [0.29, 0.717) is 48.5 Å². The van der Waals surface area contributed by atoms with Crippen molar-refractivity contribution < 1.29 is 14.5 Å². The Labute approximate surface area is 214 Å². The highest BCUT2D eigenvalue weighted by molar-refractivity contribution is 7.80. The summed E-state index contributed by atoms with van der Waals surface area (Å²) in [6.45, 7) is 3.99. The zero-order chi connectivity index (χ0) is 25.2. The van der Waals surface area contributed by atoms with Gasteiger partial charge in [-0.25, -0.2) is 0 Å². The molecule has 0 unspecified atom stereocenters. The summed E-state index contributed by atoms with van der Waals surface area (Å²) in [6.07, 6.45) is 0. The number of fused-ring (bicyclic) bond motifs is 1. The Balaban J connectivity index is 1.33. The van der Waals surface area contributed by atoms with Crippen LogP contribution in [0.1, 0.15) is 16.2 Å². The summed E-state index contributed by atoms with van der Waals surface area (Å²) in [5.41, 5.74) is 2.07. The second kappa shape index (κ2) is 9.93. The Morgan fingerprint density at radius 2 is 2.00 bits per heavy atom. The molecule has 0 saturated carbocycles. The number of aromatic nitrogens is 4. The summed E-state index contributed by atoms with van der Waals surface area (Å²) in [4.78, 5) is 26.6. The quantitative estimate of drug-likeness (QED) is 0.227. The smallest absolute Gasteiger partial charge is 0.270 e. The fourth-order valence-electron chi connectivity index (χ4n) is 3.79. The second-order valence-corrected chi connectivity index (χ2v) is 9.26. The Morgan fingerprint density at radius 3 is 2.75 bits per heavy atom. The predicted octanol–water partition coefficient (Wildman–Crippen LogP) is 3.03. The molecule has 14 heteroatoms. The van der Waals surface area contributed by atoms with Gasteiger partial charge >= 0.3 is 0 Å². The van der Waals surface area contributed by atoms with E-state index in [9.17, 15) is 14.9 Å². The van der Waals surface area contributed by atoms with E-state index in [2.05, 4.69) is 25.9 Å². The number of anilines is 2. The van der Waals surface area contributed by atoms with Gasteiger partial charge < -0.3 is 15.0 Å². The fraction of sp³-hybridized carbons (Fsp3) is 0.227. The van der Waals surface area contributed by atoms with E-state index in [1.165, 1.54) is 23.5 Å². The standard InChI is InChI=1S/C22H20N8O4S2/c1-13-25-26-22-29(13)27-20(36-22)14-3-2-4-15(11-14)23-21(35)24-19(31)17-12-16(30(32)33)5-6-18(17)28-7-9-34-10-8-28/h2-6,11-12H,7-10H2,1H3,(H2,23,24,31,35). The summed E-state index contributed by atoms with van der Waals surface area (Å²) in [7, 11) is 0. The van der Waals surface area contributed by atoms with Crippen molar-refractivity contribution in [1.82, 2.24) is 25.1 Å². The third-order valence-electron chi connectivity index (χ3n) is 5.53. The Kier molecular flexibility index (Phi) is 6.54. The highest BCUT2D eigenvalue weighted by Crippen LogP contribution is 2.28. The summed E-state index contributed by atoms with van der Waals surface area (Å²) in [6, 6.07) is 11.6. The maximum Gasteiger partial charge on any atom is 0.270 e. The molecular weight excluding hydrogens is 504 g/mol. The van der Waals surface area contributed by atoms with Crippen LogP contribution >= 0.6 is 23.6 Å². The minimum absolute atomic E-state index is 0.0607. The number of nitrogens with zero attached hydrogens (tertiary/aromatic N) is 6. The molecule has 3 heterocycles. The molecule has 0 radical (unpaired) electrons. The lowest BCUT2D eigenvalue weighted by atomic mass is 10.1. The average Bonchev–Trinajstić information content (AvgIpc) is 3.46. The summed E-state index contributed by atoms with van der Waals surface area (Å²) in [5.74, 6) is 0.154. The van der Waals surface area contributed by atoms with Gasteiger partial charge in [0.05, 0.1) is 29.4 Å². The van der Waals surface area contributed by atoms with Gasteiger partial charge in [0.15, 0.2) is 10.9 Å². The highest BCUT2D eigenvalue weighted by atomic mass is 32.1. The number of non-ortho nitro benzene ring substituents is 1. The number of hydrogen-bond donors (Lipinski definition) is 2. The summed E-state index contributed by atoms with van der Waals surface area (Å²) in [5, 5.41) is 30.4. The minimum atomic E-state index is -0.544. The minimum Gasteiger partial charge on any atom is -0.378 e. The molecule has 2 aromatic heterocycles. The number of carbonyl (C=O) groups excluding carboxylic acids is 1. The molecule has 12 nitrogen and oxygen atoms in total. The first-order valence-corrected chi connectivity index (χ1v) is 12.1. The molecule has 184 valence electrons. The maximum absolute atomic E-state index is 13.1. The monoisotopic (exact) mass is 524 g/mol. The van der Waals surface area contributed by atoms with E-state index in [1.54, 1.807) is 16.6 Å². The number of nitrogens with one attached hydrogen (secondary N) is 2. The third-order valence-corrected chi connectivity index (χ3v) is 6.68. The number of morpholine rings is 1. The van der Waals surface area contributed by atoms with Crippen molar-refractivity contribution in [2.45, 2.75) is 6.92 Å². The molecule has 0 aliphatic carbocycles. The molecule has 0 atom stereocenters. The molecule has 1 saturated heterocycles. The van der Waals surface area contributed by atoms with Crippen LogP contribution in [0, 0.1) is 17.0 Å². The summed E-state index contributed by atoms with van der Waals surface area (Å²) < 4.78 is 7.06. The van der Waals surface area contributed by atoms with Gasteiger partial charge in [0.2, 0.25) is 4.96 Å². The third kappa shape index (κ3) is 4.86. The maximum atomic E-state index is 13.1. The first-order valence-electron chi connectivity index (χ1n) is 10.9. The number of hydrogen-bond acceptors (Lipinski definition) is 10. The van der Waals surface area contributed by atoms with Crippen molar-refractivity contribution in [3.05, 3.63) is 64.0 Å². The van der Waals surface area contributed by atoms with Crippen LogP contribution in [0.2, 0.25) is 0 Å². The van der Waals surface area contributed by atoms with E-state index < -0.39 is 10.8 Å². The van der Waals surface area contributed by atoms with E-state index in [-0.39, 0.29) is 16.4 Å². The number of rotatable bonds is 5. The number of ether oxygens (including phenoxy) is 1. The fourth-order valence-corrected chi connectivity index (χ4v) is 4.89. The molecule has 1 amide bonds. The van der Waals surface area contributed by atoms with Crippen molar-refractivity contribution in [1.29, 1.82) is 0 Å². The van der Waals surface area contributed by atoms with Gasteiger partial charge in [-0.2, -0.15) is 9.61 Å². The molecule has 0 bridgehead atoms. The zero-order valence-corrected chi connectivity index (χ0v) is 20.6. The molecule has 36 heavy (non-hydrogen) atoms. The van der Waals surface area contributed by atoms with Gasteiger partial charge in [0, 0.05) is 36.5 Å². The van der Waals surface area contributed by atoms with E-state index in [1.807, 2.05) is 30.0 Å². The highest BCUT2D eigenvalue weighted by Gasteiger charge is 2.23.